The zero-order valence-electron chi connectivity index (χ0n) is 15.7. The molecule has 3 heterocycles. The van der Waals surface area contributed by atoms with Crippen LogP contribution in [-0.4, -0.2) is 33.7 Å². The molecule has 0 atom stereocenters. The molecule has 3 aromatic heterocycles. The Bertz CT molecular complexity index is 1080. The molecule has 0 saturated carbocycles. The van der Waals surface area contributed by atoms with Crippen LogP contribution in [0.4, 0.5) is 0 Å². The Morgan fingerprint density at radius 2 is 1.79 bits per heavy atom. The summed E-state index contributed by atoms with van der Waals surface area (Å²) in [5.74, 6) is 1.93. The van der Waals surface area contributed by atoms with E-state index in [1.165, 1.54) is 0 Å². The monoisotopic (exact) mass is 376 g/mol. The Morgan fingerprint density at radius 3 is 2.57 bits per heavy atom. The Hall–Kier alpha value is -3.61. The van der Waals surface area contributed by atoms with Crippen LogP contribution in [0.5, 0.6) is 17.4 Å². The normalized spacial score (nSPS) is 10.8. The van der Waals surface area contributed by atoms with Crippen LogP contribution >= 0.6 is 0 Å². The summed E-state index contributed by atoms with van der Waals surface area (Å²) in [5, 5.41) is 0. The van der Waals surface area contributed by atoms with Gasteiger partial charge < -0.3 is 18.8 Å². The highest BCUT2D eigenvalue weighted by molar-refractivity contribution is 5.70. The van der Waals surface area contributed by atoms with Gasteiger partial charge in [-0.2, -0.15) is 0 Å². The standard InChI is InChI=1S/C21H20N4O3/c1-26-19-10-15(12-25-14-24-17-4-3-9-22-21(17)25)5-7-18(19)28-13-16-6-8-20(27-2)23-11-16/h3-11,14H,12-13H2,1-2H3. The van der Waals surface area contributed by atoms with Crippen molar-refractivity contribution in [3.8, 4) is 17.4 Å². The van der Waals surface area contributed by atoms with Gasteiger partial charge >= 0.3 is 0 Å². The molecule has 0 bridgehead atoms. The lowest BCUT2D eigenvalue weighted by Gasteiger charge is -2.13. The molecule has 0 aliphatic carbocycles. The maximum atomic E-state index is 5.91. The third-order valence-corrected chi connectivity index (χ3v) is 4.36. The quantitative estimate of drug-likeness (QED) is 0.492. The molecule has 4 aromatic rings. The second-order valence-electron chi connectivity index (χ2n) is 6.20. The highest BCUT2D eigenvalue weighted by Gasteiger charge is 2.09. The summed E-state index contributed by atoms with van der Waals surface area (Å²) in [7, 11) is 3.22. The van der Waals surface area contributed by atoms with Crippen LogP contribution in [0, 0.1) is 0 Å². The SMILES string of the molecule is COc1ccc(COc2ccc(Cn3cnc4cccnc43)cc2OC)cn1. The Labute approximate surface area is 162 Å². The van der Waals surface area contributed by atoms with Crippen molar-refractivity contribution in [3.63, 3.8) is 0 Å². The number of rotatable bonds is 7. The number of aromatic nitrogens is 4. The molecule has 1 aromatic carbocycles. The van der Waals surface area contributed by atoms with Crippen LogP contribution in [-0.2, 0) is 13.2 Å². The van der Waals surface area contributed by atoms with Gasteiger partial charge in [-0.25, -0.2) is 15.0 Å². The molecular weight excluding hydrogens is 356 g/mol. The van der Waals surface area contributed by atoms with Crippen LogP contribution < -0.4 is 14.2 Å². The highest BCUT2D eigenvalue weighted by atomic mass is 16.5. The predicted molar refractivity (Wildman–Crippen MR) is 105 cm³/mol. The lowest BCUT2D eigenvalue weighted by Crippen LogP contribution is -2.02. The van der Waals surface area contributed by atoms with Crippen molar-refractivity contribution >= 4 is 11.2 Å². The number of hydrogen-bond donors (Lipinski definition) is 0. The average molecular weight is 376 g/mol. The van der Waals surface area contributed by atoms with Crippen molar-refractivity contribution in [2.45, 2.75) is 13.2 Å². The van der Waals surface area contributed by atoms with Gasteiger partial charge in [-0.3, -0.25) is 0 Å². The van der Waals surface area contributed by atoms with Crippen molar-refractivity contribution in [2.24, 2.45) is 0 Å². The van der Waals surface area contributed by atoms with E-state index in [9.17, 15) is 0 Å². The fourth-order valence-corrected chi connectivity index (χ4v) is 2.92. The first-order chi connectivity index (χ1) is 13.8. The van der Waals surface area contributed by atoms with E-state index in [2.05, 4.69) is 15.0 Å². The van der Waals surface area contributed by atoms with Crippen LogP contribution in [0.3, 0.4) is 0 Å². The molecule has 4 rings (SSSR count). The van der Waals surface area contributed by atoms with Crippen molar-refractivity contribution in [1.29, 1.82) is 0 Å². The van der Waals surface area contributed by atoms with Gasteiger partial charge in [0.25, 0.3) is 0 Å². The van der Waals surface area contributed by atoms with Gasteiger partial charge in [-0.1, -0.05) is 6.07 Å². The molecule has 0 fully saturated rings. The second kappa shape index (κ2) is 7.96. The molecule has 0 aliphatic heterocycles. The van der Waals surface area contributed by atoms with Crippen molar-refractivity contribution in [3.05, 3.63) is 72.3 Å². The second-order valence-corrected chi connectivity index (χ2v) is 6.20. The molecule has 0 radical (unpaired) electrons. The highest BCUT2D eigenvalue weighted by Crippen LogP contribution is 2.29. The molecule has 0 unspecified atom stereocenters. The maximum absolute atomic E-state index is 5.91. The van der Waals surface area contributed by atoms with Gasteiger partial charge in [0.2, 0.25) is 5.88 Å². The molecule has 0 spiro atoms. The van der Waals surface area contributed by atoms with E-state index in [4.69, 9.17) is 14.2 Å². The third kappa shape index (κ3) is 3.73. The molecule has 7 nitrogen and oxygen atoms in total. The number of imidazole rings is 1. The Balaban J connectivity index is 1.49. The predicted octanol–water partition coefficient (Wildman–Crippen LogP) is 3.47. The van der Waals surface area contributed by atoms with Crippen LogP contribution in [0.2, 0.25) is 0 Å². The molecule has 0 amide bonds. The molecule has 7 heteroatoms. The number of methoxy groups -OCH3 is 2. The largest absolute Gasteiger partial charge is 0.493 e. The number of ether oxygens (including phenoxy) is 3. The number of benzene rings is 1. The average Bonchev–Trinajstić information content (AvgIpc) is 3.16. The Morgan fingerprint density at radius 1 is 0.893 bits per heavy atom. The van der Waals surface area contributed by atoms with Gasteiger partial charge in [0.05, 0.1) is 27.1 Å². The molecule has 28 heavy (non-hydrogen) atoms. The topological polar surface area (TPSA) is 71.3 Å². The minimum absolute atomic E-state index is 0.392. The van der Waals surface area contributed by atoms with E-state index in [0.29, 0.717) is 30.5 Å². The zero-order valence-corrected chi connectivity index (χ0v) is 15.7. The van der Waals surface area contributed by atoms with Crippen LogP contribution in [0.1, 0.15) is 11.1 Å². The van der Waals surface area contributed by atoms with E-state index in [0.717, 1.165) is 22.3 Å². The number of hydrogen-bond acceptors (Lipinski definition) is 6. The number of fused-ring (bicyclic) bond motifs is 1. The minimum Gasteiger partial charge on any atom is -0.493 e. The summed E-state index contributed by atoms with van der Waals surface area (Å²) >= 11 is 0. The fourth-order valence-electron chi connectivity index (χ4n) is 2.92. The molecule has 142 valence electrons. The van der Waals surface area contributed by atoms with E-state index in [1.54, 1.807) is 32.9 Å². The lowest BCUT2D eigenvalue weighted by molar-refractivity contribution is 0.283. The van der Waals surface area contributed by atoms with Gasteiger partial charge in [-0.05, 0) is 35.9 Å². The molecule has 0 saturated heterocycles. The molecule has 0 aliphatic rings. The summed E-state index contributed by atoms with van der Waals surface area (Å²) in [6.07, 6.45) is 5.30. The minimum atomic E-state index is 0.392. The first-order valence-electron chi connectivity index (χ1n) is 8.81. The van der Waals surface area contributed by atoms with Crippen molar-refractivity contribution < 1.29 is 14.2 Å². The van der Waals surface area contributed by atoms with Crippen LogP contribution in [0.15, 0.2) is 61.2 Å². The van der Waals surface area contributed by atoms with E-state index >= 15 is 0 Å². The zero-order chi connectivity index (χ0) is 19.3. The smallest absolute Gasteiger partial charge is 0.212 e. The fraction of sp³-hybridized carbons (Fsp3) is 0.190. The van der Waals surface area contributed by atoms with E-state index in [-0.39, 0.29) is 0 Å². The Kier molecular flexibility index (Phi) is 5.05. The summed E-state index contributed by atoms with van der Waals surface area (Å²) < 4.78 is 18.5. The van der Waals surface area contributed by atoms with E-state index < -0.39 is 0 Å². The van der Waals surface area contributed by atoms with Gasteiger partial charge in [-0.15, -0.1) is 0 Å². The summed E-state index contributed by atoms with van der Waals surface area (Å²) in [4.78, 5) is 13.0. The summed E-state index contributed by atoms with van der Waals surface area (Å²) in [6, 6.07) is 13.5. The van der Waals surface area contributed by atoms with Crippen molar-refractivity contribution in [1.82, 2.24) is 19.5 Å². The first kappa shape index (κ1) is 17.8. The lowest BCUT2D eigenvalue weighted by atomic mass is 10.2. The number of nitrogens with zero attached hydrogens (tertiary/aromatic N) is 4. The van der Waals surface area contributed by atoms with Gasteiger partial charge in [0, 0.05) is 24.0 Å². The van der Waals surface area contributed by atoms with Crippen LogP contribution in [0.25, 0.3) is 11.2 Å². The van der Waals surface area contributed by atoms with E-state index in [1.807, 2.05) is 47.0 Å². The summed E-state index contributed by atoms with van der Waals surface area (Å²) in [6.45, 7) is 1.04. The third-order valence-electron chi connectivity index (χ3n) is 4.36. The van der Waals surface area contributed by atoms with Gasteiger partial charge in [0.1, 0.15) is 12.1 Å². The first-order valence-corrected chi connectivity index (χ1v) is 8.81. The number of pyridine rings is 2. The maximum Gasteiger partial charge on any atom is 0.212 e. The van der Waals surface area contributed by atoms with Gasteiger partial charge in [0.15, 0.2) is 17.1 Å². The summed E-state index contributed by atoms with van der Waals surface area (Å²) in [5.41, 5.74) is 3.75. The van der Waals surface area contributed by atoms with Crippen molar-refractivity contribution in [2.75, 3.05) is 14.2 Å². The molecular formula is C21H20N4O3. The molecule has 0 N–H and O–H groups in total.